The number of alkyl halides is 3. The lowest BCUT2D eigenvalue weighted by Gasteiger charge is -2.12. The van der Waals surface area contributed by atoms with Gasteiger partial charge in [-0.25, -0.2) is 4.68 Å². The second-order valence-corrected chi connectivity index (χ2v) is 5.68. The number of hydrogen-bond acceptors (Lipinski definition) is 5. The number of aromatic nitrogens is 4. The molecule has 0 amide bonds. The van der Waals surface area contributed by atoms with E-state index >= 15 is 0 Å². The van der Waals surface area contributed by atoms with Gasteiger partial charge in [-0.15, -0.1) is 5.10 Å². The van der Waals surface area contributed by atoms with E-state index < -0.39 is 24.3 Å². The maximum Gasteiger partial charge on any atom is 0.417 e. The number of carbonyl (C=O) groups is 1. The van der Waals surface area contributed by atoms with Crippen molar-refractivity contribution in [1.82, 2.24) is 20.2 Å². The standard InChI is InChI=1S/C10H6BrF3N4O2S/c11-5-1-2-6(10(12,13)14)7(3-5)21-9-15-16-17-18(9)4-8(19)20/h1-3H,4H2,(H,19,20). The Morgan fingerprint density at radius 1 is 1.43 bits per heavy atom. The van der Waals surface area contributed by atoms with E-state index in [-0.39, 0.29) is 10.1 Å². The summed E-state index contributed by atoms with van der Waals surface area (Å²) in [4.78, 5) is 10.5. The van der Waals surface area contributed by atoms with Crippen molar-refractivity contribution < 1.29 is 23.1 Å². The average Bonchev–Trinajstić information content (AvgIpc) is 2.74. The number of carboxylic acids is 1. The molecule has 1 aromatic heterocycles. The van der Waals surface area contributed by atoms with E-state index in [2.05, 4.69) is 31.5 Å². The Kier molecular flexibility index (Phi) is 4.52. The van der Waals surface area contributed by atoms with Crippen LogP contribution in [0.15, 0.2) is 32.7 Å². The summed E-state index contributed by atoms with van der Waals surface area (Å²) in [6, 6.07) is 3.47. The Morgan fingerprint density at radius 3 is 2.76 bits per heavy atom. The van der Waals surface area contributed by atoms with Gasteiger partial charge in [-0.1, -0.05) is 15.9 Å². The molecule has 0 aliphatic carbocycles. The van der Waals surface area contributed by atoms with E-state index in [1.165, 1.54) is 12.1 Å². The molecule has 2 rings (SSSR count). The van der Waals surface area contributed by atoms with Crippen LogP contribution in [0.4, 0.5) is 13.2 Å². The Bertz CT molecular complexity index is 677. The van der Waals surface area contributed by atoms with Crippen molar-refractivity contribution >= 4 is 33.7 Å². The first-order valence-electron chi connectivity index (χ1n) is 5.30. The minimum atomic E-state index is -4.53. The molecule has 112 valence electrons. The number of halogens is 4. The second-order valence-electron chi connectivity index (χ2n) is 3.75. The van der Waals surface area contributed by atoms with Gasteiger partial charge in [-0.2, -0.15) is 13.2 Å². The topological polar surface area (TPSA) is 80.9 Å². The van der Waals surface area contributed by atoms with Crippen molar-refractivity contribution in [2.75, 3.05) is 0 Å². The fourth-order valence-electron chi connectivity index (χ4n) is 1.41. The van der Waals surface area contributed by atoms with Gasteiger partial charge in [0.15, 0.2) is 0 Å². The summed E-state index contributed by atoms with van der Waals surface area (Å²) in [6.45, 7) is -0.537. The van der Waals surface area contributed by atoms with E-state index in [1.54, 1.807) is 0 Å². The molecule has 0 spiro atoms. The minimum Gasteiger partial charge on any atom is -0.480 e. The van der Waals surface area contributed by atoms with Gasteiger partial charge >= 0.3 is 12.1 Å². The van der Waals surface area contributed by atoms with Crippen LogP contribution in [-0.4, -0.2) is 31.3 Å². The monoisotopic (exact) mass is 382 g/mol. The molecule has 0 radical (unpaired) electrons. The molecule has 1 N–H and O–H groups in total. The van der Waals surface area contributed by atoms with Gasteiger partial charge in [-0.05, 0) is 40.4 Å². The van der Waals surface area contributed by atoms with Crippen LogP contribution in [0.2, 0.25) is 0 Å². The van der Waals surface area contributed by atoms with Gasteiger partial charge in [0, 0.05) is 9.37 Å². The maximum absolute atomic E-state index is 12.9. The first kappa shape index (κ1) is 15.8. The predicted octanol–water partition coefficient (Wildman–Crippen LogP) is 2.69. The van der Waals surface area contributed by atoms with E-state index in [1.807, 2.05) is 0 Å². The van der Waals surface area contributed by atoms with E-state index in [0.29, 0.717) is 16.2 Å². The molecule has 1 heterocycles. The number of aliphatic carboxylic acids is 1. The van der Waals surface area contributed by atoms with Crippen LogP contribution in [0.5, 0.6) is 0 Å². The van der Waals surface area contributed by atoms with Crippen LogP contribution >= 0.6 is 27.7 Å². The Balaban J connectivity index is 2.38. The number of carboxylic acid groups (broad SMARTS) is 1. The first-order chi connectivity index (χ1) is 9.77. The van der Waals surface area contributed by atoms with Crippen LogP contribution in [0.1, 0.15) is 5.56 Å². The third kappa shape index (κ3) is 3.94. The normalized spacial score (nSPS) is 11.6. The first-order valence-corrected chi connectivity index (χ1v) is 6.91. The molecule has 0 aliphatic heterocycles. The lowest BCUT2D eigenvalue weighted by atomic mass is 10.2. The molecule has 6 nitrogen and oxygen atoms in total. The number of tetrazole rings is 1. The third-order valence-electron chi connectivity index (χ3n) is 2.23. The lowest BCUT2D eigenvalue weighted by molar-refractivity contribution is -0.140. The van der Waals surface area contributed by atoms with Crippen LogP contribution < -0.4 is 0 Å². The quantitative estimate of drug-likeness (QED) is 0.875. The summed E-state index contributed by atoms with van der Waals surface area (Å²) < 4.78 is 40.2. The van der Waals surface area contributed by atoms with Gasteiger partial charge < -0.3 is 5.11 Å². The molecule has 0 bridgehead atoms. The van der Waals surface area contributed by atoms with E-state index in [4.69, 9.17) is 5.11 Å². The lowest BCUT2D eigenvalue weighted by Crippen LogP contribution is -2.12. The fourth-order valence-corrected chi connectivity index (χ4v) is 2.88. The van der Waals surface area contributed by atoms with Gasteiger partial charge in [-0.3, -0.25) is 4.79 Å². The molecular weight excluding hydrogens is 377 g/mol. The summed E-state index contributed by atoms with van der Waals surface area (Å²) in [6.07, 6.45) is -4.53. The van der Waals surface area contributed by atoms with Crippen molar-refractivity contribution in [3.05, 3.63) is 28.2 Å². The second kappa shape index (κ2) is 6.02. The molecule has 2 aromatic rings. The number of nitrogens with zero attached hydrogens (tertiary/aromatic N) is 4. The van der Waals surface area contributed by atoms with Gasteiger partial charge in [0.25, 0.3) is 0 Å². The predicted molar refractivity (Wildman–Crippen MR) is 68.7 cm³/mol. The molecule has 1 aromatic carbocycles. The van der Waals surface area contributed by atoms with Crippen LogP contribution in [-0.2, 0) is 17.5 Å². The minimum absolute atomic E-state index is 0.0407. The third-order valence-corrected chi connectivity index (χ3v) is 3.76. The summed E-state index contributed by atoms with van der Waals surface area (Å²) in [7, 11) is 0. The van der Waals surface area contributed by atoms with Crippen LogP contribution in [0.3, 0.4) is 0 Å². The maximum atomic E-state index is 12.9. The number of benzene rings is 1. The molecule has 21 heavy (non-hydrogen) atoms. The molecule has 0 unspecified atom stereocenters. The van der Waals surface area contributed by atoms with Gasteiger partial charge in [0.05, 0.1) is 5.56 Å². The Hall–Kier alpha value is -1.62. The van der Waals surface area contributed by atoms with E-state index in [9.17, 15) is 18.0 Å². The van der Waals surface area contributed by atoms with Crippen LogP contribution in [0.25, 0.3) is 0 Å². The van der Waals surface area contributed by atoms with Gasteiger partial charge in [0.2, 0.25) is 5.16 Å². The van der Waals surface area contributed by atoms with Gasteiger partial charge in [0.1, 0.15) is 6.54 Å². The smallest absolute Gasteiger partial charge is 0.417 e. The number of rotatable bonds is 4. The van der Waals surface area contributed by atoms with Crippen molar-refractivity contribution in [3.8, 4) is 0 Å². The Labute approximate surface area is 128 Å². The molecule has 0 aliphatic rings. The zero-order valence-corrected chi connectivity index (χ0v) is 12.4. The van der Waals surface area contributed by atoms with Crippen molar-refractivity contribution in [2.45, 2.75) is 22.8 Å². The van der Waals surface area contributed by atoms with Crippen LogP contribution in [0, 0.1) is 0 Å². The van der Waals surface area contributed by atoms with Crippen molar-refractivity contribution in [1.29, 1.82) is 0 Å². The molecule has 0 saturated carbocycles. The average molecular weight is 383 g/mol. The van der Waals surface area contributed by atoms with Crippen molar-refractivity contribution in [2.24, 2.45) is 0 Å². The highest BCUT2D eigenvalue weighted by Gasteiger charge is 2.34. The summed E-state index contributed by atoms with van der Waals surface area (Å²) >= 11 is 3.74. The summed E-state index contributed by atoms with van der Waals surface area (Å²) in [5, 5.41) is 18.9. The fraction of sp³-hybridized carbons (Fsp3) is 0.200. The van der Waals surface area contributed by atoms with Crippen molar-refractivity contribution in [3.63, 3.8) is 0 Å². The molecule has 0 saturated heterocycles. The highest BCUT2D eigenvalue weighted by molar-refractivity contribution is 9.10. The number of hydrogen-bond donors (Lipinski definition) is 1. The zero-order chi connectivity index (χ0) is 15.6. The zero-order valence-electron chi connectivity index (χ0n) is 10.0. The summed E-state index contributed by atoms with van der Waals surface area (Å²) in [5.41, 5.74) is -0.847. The SMILES string of the molecule is O=C(O)Cn1nnnc1Sc1cc(Br)ccc1C(F)(F)F. The molecule has 0 fully saturated rings. The highest BCUT2D eigenvalue weighted by atomic mass is 79.9. The molecule has 11 heteroatoms. The van der Waals surface area contributed by atoms with E-state index in [0.717, 1.165) is 10.7 Å². The molecular formula is C10H6BrF3N4O2S. The summed E-state index contributed by atoms with van der Waals surface area (Å²) in [5.74, 6) is -1.20. The largest absolute Gasteiger partial charge is 0.480 e. The highest BCUT2D eigenvalue weighted by Crippen LogP contribution is 2.40. The Morgan fingerprint density at radius 2 is 2.14 bits per heavy atom. The molecule has 0 atom stereocenters.